The number of halogens is 3. The van der Waals surface area contributed by atoms with Gasteiger partial charge in [0.25, 0.3) is 5.91 Å². The maximum atomic E-state index is 13.3. The van der Waals surface area contributed by atoms with Crippen molar-refractivity contribution >= 4 is 45.9 Å². The highest BCUT2D eigenvalue weighted by molar-refractivity contribution is 14.1. The van der Waals surface area contributed by atoms with Crippen LogP contribution in [-0.2, 0) is 16.1 Å². The molecule has 0 aliphatic carbocycles. The summed E-state index contributed by atoms with van der Waals surface area (Å²) in [5.74, 6) is -1.74. The molecule has 0 atom stereocenters. The molecule has 0 saturated carbocycles. The van der Waals surface area contributed by atoms with Crippen LogP contribution in [0.4, 0.5) is 4.39 Å². The normalized spacial score (nSPS) is 9.94. The van der Waals surface area contributed by atoms with Crippen LogP contribution in [0, 0.1) is 5.82 Å². The molecule has 3 nitrogen and oxygen atoms in total. The van der Waals surface area contributed by atoms with Crippen LogP contribution >= 0.6 is 34.2 Å². The van der Waals surface area contributed by atoms with Crippen LogP contribution < -0.4 is 5.32 Å². The maximum Gasteiger partial charge on any atom is 0.288 e. The molecule has 1 N–H and O–H groups in total. The molecule has 0 spiro atoms. The molecule has 16 heavy (non-hydrogen) atoms. The van der Waals surface area contributed by atoms with Crippen LogP contribution in [0.3, 0.4) is 0 Å². The topological polar surface area (TPSA) is 46.2 Å². The number of benzene rings is 1. The predicted octanol–water partition coefficient (Wildman–Crippen LogP) is 2.10. The van der Waals surface area contributed by atoms with Crippen molar-refractivity contribution in [2.24, 2.45) is 0 Å². The summed E-state index contributed by atoms with van der Waals surface area (Å²) in [7, 11) is 0. The summed E-state index contributed by atoms with van der Waals surface area (Å²) >= 11 is 7.36. The van der Waals surface area contributed by atoms with Crippen molar-refractivity contribution in [2.75, 3.05) is 4.43 Å². The predicted molar refractivity (Wildman–Crippen MR) is 67.2 cm³/mol. The highest BCUT2D eigenvalue weighted by Crippen LogP contribution is 2.14. The van der Waals surface area contributed by atoms with Crippen LogP contribution in [0.2, 0.25) is 5.02 Å². The fourth-order valence-electron chi connectivity index (χ4n) is 1.000. The van der Waals surface area contributed by atoms with Gasteiger partial charge in [0.15, 0.2) is 0 Å². The average Bonchev–Trinajstić information content (AvgIpc) is 2.26. The molecule has 0 saturated heterocycles. The number of ketones is 1. The number of alkyl halides is 1. The van der Waals surface area contributed by atoms with Crippen molar-refractivity contribution < 1.29 is 14.0 Å². The Morgan fingerprint density at radius 3 is 2.69 bits per heavy atom. The Balaban J connectivity index is 2.61. The highest BCUT2D eigenvalue weighted by Gasteiger charge is 2.12. The number of rotatable bonds is 4. The average molecular weight is 356 g/mol. The van der Waals surface area contributed by atoms with Gasteiger partial charge in [0.2, 0.25) is 5.78 Å². The Morgan fingerprint density at radius 2 is 2.12 bits per heavy atom. The molecule has 86 valence electrons. The zero-order chi connectivity index (χ0) is 12.1. The maximum absolute atomic E-state index is 13.3. The second-order valence-corrected chi connectivity index (χ2v) is 4.17. The Labute approximate surface area is 110 Å². The first-order chi connectivity index (χ1) is 7.54. The Hall–Kier alpha value is -0.690. The molecule has 1 amide bonds. The molecule has 1 aromatic rings. The van der Waals surface area contributed by atoms with E-state index in [1.165, 1.54) is 12.1 Å². The van der Waals surface area contributed by atoms with Gasteiger partial charge in [0, 0.05) is 17.1 Å². The minimum absolute atomic E-state index is 0.0236. The lowest BCUT2D eigenvalue weighted by atomic mass is 10.2. The third-order valence-electron chi connectivity index (χ3n) is 1.83. The molecule has 0 heterocycles. The highest BCUT2D eigenvalue weighted by atomic mass is 127. The molecular weight excluding hydrogens is 347 g/mol. The smallest absolute Gasteiger partial charge is 0.288 e. The Kier molecular flexibility index (Phi) is 5.14. The van der Waals surface area contributed by atoms with Crippen LogP contribution in [0.1, 0.15) is 5.56 Å². The molecule has 0 aliphatic heterocycles. The molecule has 0 fully saturated rings. The van der Waals surface area contributed by atoms with Gasteiger partial charge in [0.05, 0.1) is 4.43 Å². The zero-order valence-electron chi connectivity index (χ0n) is 8.10. The van der Waals surface area contributed by atoms with E-state index in [-0.39, 0.29) is 16.0 Å². The molecule has 0 aliphatic rings. The molecule has 0 radical (unpaired) electrons. The van der Waals surface area contributed by atoms with Crippen molar-refractivity contribution in [1.82, 2.24) is 5.32 Å². The van der Waals surface area contributed by atoms with Gasteiger partial charge in [-0.05, 0) is 12.1 Å². The Bertz CT molecular complexity index is 425. The number of amides is 1. The van der Waals surface area contributed by atoms with E-state index >= 15 is 0 Å². The van der Waals surface area contributed by atoms with Gasteiger partial charge < -0.3 is 5.32 Å². The third-order valence-corrected chi connectivity index (χ3v) is 2.76. The molecule has 1 rings (SSSR count). The van der Waals surface area contributed by atoms with Crippen molar-refractivity contribution in [1.29, 1.82) is 0 Å². The summed E-state index contributed by atoms with van der Waals surface area (Å²) in [6.07, 6.45) is 0. The Morgan fingerprint density at radius 1 is 1.44 bits per heavy atom. The lowest BCUT2D eigenvalue weighted by molar-refractivity contribution is -0.136. The third kappa shape index (κ3) is 3.71. The van der Waals surface area contributed by atoms with E-state index in [2.05, 4.69) is 5.32 Å². The van der Waals surface area contributed by atoms with Gasteiger partial charge >= 0.3 is 0 Å². The van der Waals surface area contributed by atoms with Crippen molar-refractivity contribution in [3.05, 3.63) is 34.6 Å². The van der Waals surface area contributed by atoms with Gasteiger partial charge in [-0.15, -0.1) is 0 Å². The zero-order valence-corrected chi connectivity index (χ0v) is 11.0. The van der Waals surface area contributed by atoms with Crippen LogP contribution in [0.5, 0.6) is 0 Å². The van der Waals surface area contributed by atoms with Gasteiger partial charge in [-0.1, -0.05) is 40.3 Å². The molecule has 1 aromatic carbocycles. The van der Waals surface area contributed by atoms with Crippen molar-refractivity contribution in [2.45, 2.75) is 6.54 Å². The van der Waals surface area contributed by atoms with E-state index in [0.717, 1.165) is 6.07 Å². The lowest BCUT2D eigenvalue weighted by Gasteiger charge is -2.05. The number of hydrogen-bond donors (Lipinski definition) is 1. The van der Waals surface area contributed by atoms with Crippen LogP contribution in [-0.4, -0.2) is 16.1 Å². The van der Waals surface area contributed by atoms with Gasteiger partial charge in [-0.3, -0.25) is 9.59 Å². The van der Waals surface area contributed by atoms with Gasteiger partial charge in [-0.2, -0.15) is 0 Å². The fourth-order valence-corrected chi connectivity index (χ4v) is 1.51. The quantitative estimate of drug-likeness (QED) is 0.511. The molecule has 0 aromatic heterocycles. The SMILES string of the molecule is O=C(CI)C(=O)NCc1ccc(Cl)cc1F. The summed E-state index contributed by atoms with van der Waals surface area (Å²) in [4.78, 5) is 22.0. The van der Waals surface area contributed by atoms with Crippen LogP contribution in [0.25, 0.3) is 0 Å². The standard InChI is InChI=1S/C10H8ClFINO2/c11-7-2-1-6(8(12)3-7)5-14-10(16)9(15)4-13/h1-3H,4-5H2,(H,14,16). The first-order valence-corrected chi connectivity index (χ1v) is 6.26. The molecule has 0 unspecified atom stereocenters. The minimum Gasteiger partial charge on any atom is -0.345 e. The van der Waals surface area contributed by atoms with Gasteiger partial charge in [0.1, 0.15) is 5.82 Å². The van der Waals surface area contributed by atoms with E-state index in [9.17, 15) is 14.0 Å². The summed E-state index contributed by atoms with van der Waals surface area (Å²) in [5, 5.41) is 2.62. The van der Waals surface area contributed by atoms with E-state index in [1.807, 2.05) is 0 Å². The largest absolute Gasteiger partial charge is 0.345 e. The number of nitrogens with one attached hydrogen (secondary N) is 1. The minimum atomic E-state index is -0.705. The van der Waals surface area contributed by atoms with Crippen molar-refractivity contribution in [3.8, 4) is 0 Å². The van der Waals surface area contributed by atoms with E-state index in [4.69, 9.17) is 11.6 Å². The van der Waals surface area contributed by atoms with E-state index < -0.39 is 17.5 Å². The second-order valence-electron chi connectivity index (χ2n) is 2.98. The van der Waals surface area contributed by atoms with Crippen LogP contribution in [0.15, 0.2) is 18.2 Å². The fraction of sp³-hybridized carbons (Fsp3) is 0.200. The summed E-state index contributed by atoms with van der Waals surface area (Å²) in [6, 6.07) is 4.14. The lowest BCUT2D eigenvalue weighted by Crippen LogP contribution is -2.31. The summed E-state index contributed by atoms with van der Waals surface area (Å²) in [5.41, 5.74) is 0.291. The number of carbonyl (C=O) groups excluding carboxylic acids is 2. The summed E-state index contributed by atoms with van der Waals surface area (Å²) in [6.45, 7) is -0.0236. The number of Topliss-reactive ketones (excluding diaryl/α,β-unsaturated/α-hetero) is 1. The monoisotopic (exact) mass is 355 g/mol. The number of hydrogen-bond acceptors (Lipinski definition) is 2. The first kappa shape index (κ1) is 13.4. The van der Waals surface area contributed by atoms with Crippen molar-refractivity contribution in [3.63, 3.8) is 0 Å². The molecule has 6 heteroatoms. The number of carbonyl (C=O) groups is 2. The first-order valence-electron chi connectivity index (χ1n) is 4.35. The molecular formula is C10H8ClFINO2. The van der Waals surface area contributed by atoms with E-state index in [1.54, 1.807) is 22.6 Å². The van der Waals surface area contributed by atoms with E-state index in [0.29, 0.717) is 5.56 Å². The van der Waals surface area contributed by atoms with Gasteiger partial charge in [-0.25, -0.2) is 4.39 Å². The molecule has 0 bridgehead atoms. The second kappa shape index (κ2) is 6.15. The summed E-state index contributed by atoms with van der Waals surface area (Å²) < 4.78 is 13.4.